The fourth-order valence-electron chi connectivity index (χ4n) is 3.96. The summed E-state index contributed by atoms with van der Waals surface area (Å²) in [4.78, 5) is 22.9. The molecule has 3 heterocycles. The van der Waals surface area contributed by atoms with Gasteiger partial charge in [-0.1, -0.05) is 17.7 Å². The van der Waals surface area contributed by atoms with E-state index in [0.29, 0.717) is 50.0 Å². The van der Waals surface area contributed by atoms with Crippen molar-refractivity contribution in [3.05, 3.63) is 46.9 Å². The van der Waals surface area contributed by atoms with E-state index >= 15 is 0 Å². The standard InChI is InChI=1S/C21H25ClN6O4S/c1-3-32-19(29)8-7-18-15(2)25-21-23-14-24-28(21)20(18)26-9-11-27(12-10-26)33(30,31)17-6-4-5-16(22)13-17/h4-6,13-14H,3,7-12H2,1-2H3. The Morgan fingerprint density at radius 2 is 1.97 bits per heavy atom. The molecule has 176 valence electrons. The second-order valence-electron chi connectivity index (χ2n) is 7.62. The van der Waals surface area contributed by atoms with E-state index in [1.165, 1.54) is 16.7 Å². The van der Waals surface area contributed by atoms with Gasteiger partial charge in [0.1, 0.15) is 12.1 Å². The highest BCUT2D eigenvalue weighted by Crippen LogP contribution is 2.28. The van der Waals surface area contributed by atoms with Crippen LogP contribution in [0.4, 0.5) is 5.82 Å². The van der Waals surface area contributed by atoms with Crippen molar-refractivity contribution in [2.24, 2.45) is 0 Å². The molecule has 1 aliphatic rings. The lowest BCUT2D eigenvalue weighted by atomic mass is 10.1. The van der Waals surface area contributed by atoms with Gasteiger partial charge in [0, 0.05) is 48.9 Å². The van der Waals surface area contributed by atoms with E-state index in [1.54, 1.807) is 29.6 Å². The molecule has 1 aliphatic heterocycles. The van der Waals surface area contributed by atoms with Crippen LogP contribution in [0, 0.1) is 6.92 Å². The number of anilines is 1. The average Bonchev–Trinajstić information content (AvgIpc) is 3.25. The van der Waals surface area contributed by atoms with E-state index in [9.17, 15) is 13.2 Å². The summed E-state index contributed by atoms with van der Waals surface area (Å²) < 4.78 is 34.3. The number of sulfonamides is 1. The van der Waals surface area contributed by atoms with Crippen molar-refractivity contribution in [3.8, 4) is 0 Å². The summed E-state index contributed by atoms with van der Waals surface area (Å²) in [5.41, 5.74) is 1.62. The first-order chi connectivity index (χ1) is 15.8. The first-order valence-corrected chi connectivity index (χ1v) is 12.5. The smallest absolute Gasteiger partial charge is 0.306 e. The third-order valence-corrected chi connectivity index (χ3v) is 7.69. The summed E-state index contributed by atoms with van der Waals surface area (Å²) in [7, 11) is -3.65. The molecule has 0 spiro atoms. The first kappa shape index (κ1) is 23.4. The molecule has 0 saturated carbocycles. The Balaban J connectivity index is 1.59. The lowest BCUT2D eigenvalue weighted by Gasteiger charge is -2.36. The van der Waals surface area contributed by atoms with Gasteiger partial charge in [-0.3, -0.25) is 4.79 Å². The second-order valence-corrected chi connectivity index (χ2v) is 10.00. The molecule has 4 rings (SSSR count). The molecule has 0 amide bonds. The lowest BCUT2D eigenvalue weighted by molar-refractivity contribution is -0.143. The maximum atomic E-state index is 13.1. The van der Waals surface area contributed by atoms with E-state index in [4.69, 9.17) is 16.3 Å². The fourth-order valence-corrected chi connectivity index (χ4v) is 5.69. The maximum Gasteiger partial charge on any atom is 0.306 e. The quantitative estimate of drug-likeness (QED) is 0.461. The van der Waals surface area contributed by atoms with Crippen molar-refractivity contribution in [2.75, 3.05) is 37.7 Å². The van der Waals surface area contributed by atoms with Crippen LogP contribution in [-0.4, -0.2) is 71.1 Å². The van der Waals surface area contributed by atoms with Crippen LogP contribution in [0.5, 0.6) is 0 Å². The molecule has 33 heavy (non-hydrogen) atoms. The third-order valence-electron chi connectivity index (χ3n) is 5.56. The molecule has 2 aromatic heterocycles. The summed E-state index contributed by atoms with van der Waals surface area (Å²) in [6.45, 7) is 5.46. The number of hydrogen-bond donors (Lipinski definition) is 0. The monoisotopic (exact) mass is 492 g/mol. The number of aromatic nitrogens is 4. The molecule has 1 fully saturated rings. The summed E-state index contributed by atoms with van der Waals surface area (Å²) in [5.74, 6) is 0.953. The molecular formula is C21H25ClN6O4S. The second kappa shape index (κ2) is 9.62. The number of nitrogens with zero attached hydrogens (tertiary/aromatic N) is 6. The van der Waals surface area contributed by atoms with Crippen LogP contribution in [-0.2, 0) is 26.0 Å². The Hall–Kier alpha value is -2.76. The third kappa shape index (κ3) is 4.80. The van der Waals surface area contributed by atoms with Crippen LogP contribution in [0.25, 0.3) is 5.78 Å². The van der Waals surface area contributed by atoms with Gasteiger partial charge in [-0.25, -0.2) is 13.4 Å². The van der Waals surface area contributed by atoms with Gasteiger partial charge in [-0.15, -0.1) is 0 Å². The predicted molar refractivity (Wildman–Crippen MR) is 123 cm³/mol. The van der Waals surface area contributed by atoms with Crippen LogP contribution >= 0.6 is 11.6 Å². The van der Waals surface area contributed by atoms with Gasteiger partial charge < -0.3 is 9.64 Å². The predicted octanol–water partition coefficient (Wildman–Crippen LogP) is 2.09. The summed E-state index contributed by atoms with van der Waals surface area (Å²) >= 11 is 6.00. The number of carbonyl (C=O) groups excluding carboxylic acids is 1. The van der Waals surface area contributed by atoms with Crippen LogP contribution in [0.15, 0.2) is 35.5 Å². The molecule has 0 aliphatic carbocycles. The number of aryl methyl sites for hydroxylation is 1. The van der Waals surface area contributed by atoms with Crippen LogP contribution in [0.1, 0.15) is 24.6 Å². The van der Waals surface area contributed by atoms with Gasteiger partial charge >= 0.3 is 5.97 Å². The molecule has 0 radical (unpaired) electrons. The number of hydrogen-bond acceptors (Lipinski definition) is 8. The molecular weight excluding hydrogens is 468 g/mol. The van der Waals surface area contributed by atoms with Gasteiger partial charge in [0.25, 0.3) is 5.78 Å². The van der Waals surface area contributed by atoms with Gasteiger partial charge in [0.05, 0.1) is 11.5 Å². The van der Waals surface area contributed by atoms with E-state index in [0.717, 1.165) is 17.1 Å². The Labute approximate surface area is 197 Å². The minimum Gasteiger partial charge on any atom is -0.466 e. The Kier molecular flexibility index (Phi) is 6.82. The Morgan fingerprint density at radius 3 is 2.67 bits per heavy atom. The van der Waals surface area contributed by atoms with Gasteiger partial charge in [-0.05, 0) is 38.5 Å². The first-order valence-electron chi connectivity index (χ1n) is 10.7. The molecule has 0 atom stereocenters. The van der Waals surface area contributed by atoms with E-state index in [-0.39, 0.29) is 17.3 Å². The van der Waals surface area contributed by atoms with Crippen molar-refractivity contribution in [2.45, 2.75) is 31.6 Å². The van der Waals surface area contributed by atoms with Gasteiger partial charge in [-0.2, -0.15) is 18.9 Å². The zero-order valence-corrected chi connectivity index (χ0v) is 20.0. The van der Waals surface area contributed by atoms with Crippen LogP contribution < -0.4 is 4.90 Å². The highest BCUT2D eigenvalue weighted by Gasteiger charge is 2.31. The van der Waals surface area contributed by atoms with E-state index < -0.39 is 10.0 Å². The van der Waals surface area contributed by atoms with Crippen molar-refractivity contribution in [1.82, 2.24) is 23.9 Å². The minimum absolute atomic E-state index is 0.178. The molecule has 0 N–H and O–H groups in total. The van der Waals surface area contributed by atoms with Crippen molar-refractivity contribution >= 4 is 39.2 Å². The van der Waals surface area contributed by atoms with Crippen LogP contribution in [0.3, 0.4) is 0 Å². The Bertz CT molecular complexity index is 1270. The average molecular weight is 493 g/mol. The molecule has 0 unspecified atom stereocenters. The summed E-state index contributed by atoms with van der Waals surface area (Å²) in [6.07, 6.45) is 2.08. The normalized spacial score (nSPS) is 15.2. The number of esters is 1. The topological polar surface area (TPSA) is 110 Å². The number of halogens is 1. The number of carbonyl (C=O) groups is 1. The minimum atomic E-state index is -3.65. The lowest BCUT2D eigenvalue weighted by Crippen LogP contribution is -2.49. The number of rotatable bonds is 7. The zero-order valence-electron chi connectivity index (χ0n) is 18.4. The van der Waals surface area contributed by atoms with Gasteiger partial charge in [0.15, 0.2) is 0 Å². The number of piperazine rings is 1. The maximum absolute atomic E-state index is 13.1. The van der Waals surface area contributed by atoms with Crippen molar-refractivity contribution < 1.29 is 17.9 Å². The summed E-state index contributed by atoms with van der Waals surface area (Å²) in [6, 6.07) is 6.28. The van der Waals surface area contributed by atoms with E-state index in [1.807, 2.05) is 6.92 Å². The number of ether oxygens (including phenoxy) is 1. The molecule has 1 aromatic carbocycles. The SMILES string of the molecule is CCOC(=O)CCc1c(C)nc2ncnn2c1N1CCN(S(=O)(=O)c2cccc(Cl)c2)CC1. The van der Waals surface area contributed by atoms with Gasteiger partial charge in [0.2, 0.25) is 10.0 Å². The molecule has 3 aromatic rings. The zero-order chi connectivity index (χ0) is 23.6. The van der Waals surface area contributed by atoms with E-state index in [2.05, 4.69) is 20.0 Å². The molecule has 0 bridgehead atoms. The Morgan fingerprint density at radius 1 is 1.21 bits per heavy atom. The van der Waals surface area contributed by atoms with Crippen molar-refractivity contribution in [3.63, 3.8) is 0 Å². The number of benzene rings is 1. The number of fused-ring (bicyclic) bond motifs is 1. The fraction of sp³-hybridized carbons (Fsp3) is 0.429. The van der Waals surface area contributed by atoms with Crippen LogP contribution in [0.2, 0.25) is 5.02 Å². The molecule has 10 nitrogen and oxygen atoms in total. The largest absolute Gasteiger partial charge is 0.466 e. The van der Waals surface area contributed by atoms with Crippen molar-refractivity contribution in [1.29, 1.82) is 0 Å². The highest BCUT2D eigenvalue weighted by atomic mass is 35.5. The molecule has 12 heteroatoms. The summed E-state index contributed by atoms with van der Waals surface area (Å²) in [5, 5.41) is 4.70. The highest BCUT2D eigenvalue weighted by molar-refractivity contribution is 7.89. The molecule has 1 saturated heterocycles.